The molecule has 0 spiro atoms. The predicted molar refractivity (Wildman–Crippen MR) is 115 cm³/mol. The molecule has 152 valence electrons. The van der Waals surface area contributed by atoms with Gasteiger partial charge in [0, 0.05) is 27.4 Å². The molecule has 0 aliphatic heterocycles. The average molecular weight is 424 g/mol. The summed E-state index contributed by atoms with van der Waals surface area (Å²) in [5.41, 5.74) is 7.76. The lowest BCUT2D eigenvalue weighted by Crippen LogP contribution is -2.38. The van der Waals surface area contributed by atoms with Crippen molar-refractivity contribution in [1.29, 1.82) is 0 Å². The lowest BCUT2D eigenvalue weighted by molar-refractivity contribution is 0.103. The molecule has 7 nitrogen and oxygen atoms in total. The van der Waals surface area contributed by atoms with Gasteiger partial charge in [0.2, 0.25) is 0 Å². The van der Waals surface area contributed by atoms with Crippen LogP contribution in [0.15, 0.2) is 66.7 Å². The largest absolute Gasteiger partial charge is 0.496 e. The van der Waals surface area contributed by atoms with Gasteiger partial charge in [0.1, 0.15) is 5.75 Å². The van der Waals surface area contributed by atoms with Crippen LogP contribution in [0.4, 0.5) is 15.3 Å². The highest BCUT2D eigenvalue weighted by Gasteiger charge is 2.14. The molecule has 0 aliphatic carbocycles. The van der Waals surface area contributed by atoms with E-state index in [-0.39, 0.29) is 5.78 Å². The highest BCUT2D eigenvalue weighted by atomic mass is 35.5. The van der Waals surface area contributed by atoms with Crippen LogP contribution in [0.3, 0.4) is 0 Å². The number of nitrogens with one attached hydrogen (secondary N) is 2. The van der Waals surface area contributed by atoms with Gasteiger partial charge in [-0.15, -0.1) is 0 Å². The van der Waals surface area contributed by atoms with Gasteiger partial charge in [0.15, 0.2) is 5.78 Å². The van der Waals surface area contributed by atoms with Crippen LogP contribution < -0.4 is 21.1 Å². The fourth-order valence-electron chi connectivity index (χ4n) is 2.88. The number of methoxy groups -OCH3 is 1. The number of urea groups is 2. The zero-order valence-electron chi connectivity index (χ0n) is 15.9. The minimum Gasteiger partial charge on any atom is -0.496 e. The third kappa shape index (κ3) is 4.95. The van der Waals surface area contributed by atoms with Gasteiger partial charge in [-0.05, 0) is 60.2 Å². The molecular formula is C22H18ClN3O4. The van der Waals surface area contributed by atoms with Gasteiger partial charge in [-0.3, -0.25) is 10.1 Å². The quantitative estimate of drug-likeness (QED) is 0.526. The Labute approximate surface area is 177 Å². The number of ether oxygens (including phenoxy) is 1. The van der Waals surface area contributed by atoms with Crippen molar-refractivity contribution in [2.24, 2.45) is 5.73 Å². The summed E-state index contributed by atoms with van der Waals surface area (Å²) in [5.74, 6) is 0.419. The van der Waals surface area contributed by atoms with Crippen LogP contribution in [0, 0.1) is 0 Å². The van der Waals surface area contributed by atoms with Gasteiger partial charge in [-0.2, -0.15) is 0 Å². The number of amides is 4. The summed E-state index contributed by atoms with van der Waals surface area (Å²) in [4.78, 5) is 35.1. The molecule has 0 heterocycles. The third-order valence-corrected chi connectivity index (χ3v) is 4.47. The first-order valence-electron chi connectivity index (χ1n) is 8.83. The fourth-order valence-corrected chi connectivity index (χ4v) is 3.07. The van der Waals surface area contributed by atoms with E-state index in [1.807, 2.05) is 17.4 Å². The summed E-state index contributed by atoms with van der Waals surface area (Å²) in [6, 6.07) is 17.0. The lowest BCUT2D eigenvalue weighted by atomic mass is 9.97. The van der Waals surface area contributed by atoms with Crippen LogP contribution in [0.2, 0.25) is 5.02 Å². The minimum atomic E-state index is -0.964. The van der Waals surface area contributed by atoms with Crippen molar-refractivity contribution < 1.29 is 19.1 Å². The first-order valence-corrected chi connectivity index (χ1v) is 9.21. The van der Waals surface area contributed by atoms with Crippen molar-refractivity contribution in [2.75, 3.05) is 12.4 Å². The molecule has 3 aromatic rings. The zero-order chi connectivity index (χ0) is 21.7. The number of halogens is 1. The van der Waals surface area contributed by atoms with Crippen LogP contribution in [0.5, 0.6) is 5.75 Å². The Morgan fingerprint density at radius 3 is 2.27 bits per heavy atom. The topological polar surface area (TPSA) is 111 Å². The molecule has 4 amide bonds. The summed E-state index contributed by atoms with van der Waals surface area (Å²) in [7, 11) is 1.56. The predicted octanol–water partition coefficient (Wildman–Crippen LogP) is 4.45. The fraction of sp³-hybridized carbons (Fsp3) is 0.0455. The highest BCUT2D eigenvalue weighted by molar-refractivity contribution is 6.30. The smallest absolute Gasteiger partial charge is 0.327 e. The summed E-state index contributed by atoms with van der Waals surface area (Å²) in [6.45, 7) is 0. The van der Waals surface area contributed by atoms with Gasteiger partial charge in [0.05, 0.1) is 7.11 Å². The number of benzene rings is 3. The maximum absolute atomic E-state index is 12.9. The number of hydrogen-bond donors (Lipinski definition) is 3. The zero-order valence-corrected chi connectivity index (χ0v) is 16.7. The number of hydrogen-bond acceptors (Lipinski definition) is 4. The van der Waals surface area contributed by atoms with Crippen molar-refractivity contribution in [1.82, 2.24) is 5.32 Å². The number of ketones is 1. The molecule has 0 fully saturated rings. The standard InChI is InChI=1S/C22H18ClN3O4/c1-30-19-10-7-15(12-18(19)14-3-2-4-16(23)11-14)20(27)13-5-8-17(9-6-13)25-22(29)26-21(24)28/h2-12H,1H3,(H4,24,25,26,28,29). The Kier molecular flexibility index (Phi) is 6.34. The molecule has 0 bridgehead atoms. The summed E-state index contributed by atoms with van der Waals surface area (Å²) in [5, 5.41) is 4.91. The normalized spacial score (nSPS) is 10.2. The minimum absolute atomic E-state index is 0.200. The van der Waals surface area contributed by atoms with Crippen molar-refractivity contribution in [2.45, 2.75) is 0 Å². The summed E-state index contributed by atoms with van der Waals surface area (Å²) in [6.07, 6.45) is 0. The molecule has 8 heteroatoms. The van der Waals surface area contributed by atoms with Crippen molar-refractivity contribution in [3.8, 4) is 16.9 Å². The van der Waals surface area contributed by atoms with E-state index in [2.05, 4.69) is 5.32 Å². The van der Waals surface area contributed by atoms with E-state index >= 15 is 0 Å². The van der Waals surface area contributed by atoms with Crippen molar-refractivity contribution in [3.63, 3.8) is 0 Å². The van der Waals surface area contributed by atoms with Crippen LogP contribution >= 0.6 is 11.6 Å². The molecular weight excluding hydrogens is 406 g/mol. The van der Waals surface area contributed by atoms with Crippen LogP contribution in [0.1, 0.15) is 15.9 Å². The van der Waals surface area contributed by atoms with Crippen LogP contribution in [0.25, 0.3) is 11.1 Å². The van der Waals surface area contributed by atoms with Crippen LogP contribution in [-0.4, -0.2) is 25.0 Å². The maximum atomic E-state index is 12.9. The Balaban J connectivity index is 1.85. The molecule has 0 aliphatic rings. The Morgan fingerprint density at radius 2 is 1.63 bits per heavy atom. The Morgan fingerprint density at radius 1 is 0.933 bits per heavy atom. The highest BCUT2D eigenvalue weighted by Crippen LogP contribution is 2.33. The molecule has 0 saturated carbocycles. The molecule has 0 saturated heterocycles. The van der Waals surface area contributed by atoms with Crippen molar-refractivity contribution >= 4 is 35.1 Å². The van der Waals surface area contributed by atoms with E-state index < -0.39 is 12.1 Å². The number of carbonyl (C=O) groups is 3. The molecule has 3 aromatic carbocycles. The monoisotopic (exact) mass is 423 g/mol. The molecule has 30 heavy (non-hydrogen) atoms. The second-order valence-electron chi connectivity index (χ2n) is 6.28. The molecule has 0 atom stereocenters. The summed E-state index contributed by atoms with van der Waals surface area (Å²) >= 11 is 6.10. The first kappa shape index (κ1) is 20.9. The number of nitrogens with two attached hydrogens (primary N) is 1. The van der Waals surface area contributed by atoms with Crippen molar-refractivity contribution in [3.05, 3.63) is 82.9 Å². The second-order valence-corrected chi connectivity index (χ2v) is 6.71. The molecule has 3 rings (SSSR count). The van der Waals surface area contributed by atoms with E-state index in [0.29, 0.717) is 27.6 Å². The van der Waals surface area contributed by atoms with Gasteiger partial charge < -0.3 is 15.8 Å². The van der Waals surface area contributed by atoms with E-state index in [1.165, 1.54) is 0 Å². The molecule has 0 aromatic heterocycles. The van der Waals surface area contributed by atoms with Gasteiger partial charge in [-0.1, -0.05) is 23.7 Å². The lowest BCUT2D eigenvalue weighted by Gasteiger charge is -2.11. The average Bonchev–Trinajstić information content (AvgIpc) is 2.72. The Hall–Kier alpha value is -3.84. The third-order valence-electron chi connectivity index (χ3n) is 4.24. The van der Waals surface area contributed by atoms with E-state index in [0.717, 1.165) is 11.1 Å². The number of rotatable bonds is 5. The van der Waals surface area contributed by atoms with E-state index in [9.17, 15) is 14.4 Å². The molecule has 4 N–H and O–H groups in total. The molecule has 0 unspecified atom stereocenters. The SMILES string of the molecule is COc1ccc(C(=O)c2ccc(NC(=O)NC(N)=O)cc2)cc1-c1cccc(Cl)c1. The maximum Gasteiger partial charge on any atom is 0.327 e. The number of anilines is 1. The second kappa shape index (κ2) is 9.11. The van der Waals surface area contributed by atoms with E-state index in [4.69, 9.17) is 22.1 Å². The first-order chi connectivity index (χ1) is 14.4. The number of carbonyl (C=O) groups excluding carboxylic acids is 3. The van der Waals surface area contributed by atoms with Gasteiger partial charge in [0.25, 0.3) is 0 Å². The number of imide groups is 1. The van der Waals surface area contributed by atoms with Gasteiger partial charge in [-0.25, -0.2) is 9.59 Å². The number of primary amides is 1. The Bertz CT molecular complexity index is 1110. The summed E-state index contributed by atoms with van der Waals surface area (Å²) < 4.78 is 5.43. The van der Waals surface area contributed by atoms with Gasteiger partial charge >= 0.3 is 12.1 Å². The van der Waals surface area contributed by atoms with E-state index in [1.54, 1.807) is 61.7 Å². The van der Waals surface area contributed by atoms with Crippen LogP contribution in [-0.2, 0) is 0 Å². The molecule has 0 radical (unpaired) electrons.